The fourth-order valence-corrected chi connectivity index (χ4v) is 2.63. The van der Waals surface area contributed by atoms with E-state index >= 15 is 0 Å². The summed E-state index contributed by atoms with van der Waals surface area (Å²) >= 11 is 1.18. The Bertz CT molecular complexity index is 886. The van der Waals surface area contributed by atoms with E-state index < -0.39 is 0 Å². The fraction of sp³-hybridized carbons (Fsp3) is 0.357. The molecule has 0 aliphatic heterocycles. The molecule has 3 rings (SSSR count). The molecular weight excluding hydrogens is 330 g/mol. The third-order valence-electron chi connectivity index (χ3n) is 3.76. The maximum atomic E-state index is 12.2. The molecule has 0 aliphatic carbocycles. The minimum Gasteiger partial charge on any atom is -0.350 e. The number of hydrogen-bond acceptors (Lipinski definition) is 7. The minimum atomic E-state index is -0.346. The summed E-state index contributed by atoms with van der Waals surface area (Å²) in [5.41, 5.74) is 1.90. The number of imidazole rings is 1. The number of nitrogens with one attached hydrogen (secondary N) is 3. The SMILES string of the molecule is CC(CNC(=O)c1cnc2[nH]c(=O)[nH]c2c1)N(C)Cc1cnsn1. The van der Waals surface area contributed by atoms with Crippen LogP contribution in [0.3, 0.4) is 0 Å². The number of rotatable bonds is 6. The van der Waals surface area contributed by atoms with Crippen molar-refractivity contribution in [1.29, 1.82) is 0 Å². The molecule has 0 saturated heterocycles. The average Bonchev–Trinajstić information content (AvgIpc) is 3.19. The topological polar surface area (TPSA) is 120 Å². The lowest BCUT2D eigenvalue weighted by atomic mass is 10.2. The molecule has 0 spiro atoms. The highest BCUT2D eigenvalue weighted by Crippen LogP contribution is 2.07. The third kappa shape index (κ3) is 3.66. The van der Waals surface area contributed by atoms with Gasteiger partial charge in [0.2, 0.25) is 0 Å². The zero-order chi connectivity index (χ0) is 17.1. The molecule has 9 nitrogen and oxygen atoms in total. The lowest BCUT2D eigenvalue weighted by molar-refractivity contribution is 0.0939. The van der Waals surface area contributed by atoms with E-state index in [1.54, 1.807) is 12.3 Å². The Balaban J connectivity index is 1.58. The third-order valence-corrected chi connectivity index (χ3v) is 4.27. The van der Waals surface area contributed by atoms with Gasteiger partial charge < -0.3 is 10.3 Å². The summed E-state index contributed by atoms with van der Waals surface area (Å²) in [4.78, 5) is 34.7. The van der Waals surface area contributed by atoms with Gasteiger partial charge in [0.15, 0.2) is 5.65 Å². The molecule has 10 heteroatoms. The Hall–Kier alpha value is -2.59. The predicted octanol–water partition coefficient (Wildman–Crippen LogP) is 0.353. The van der Waals surface area contributed by atoms with Gasteiger partial charge in [0, 0.05) is 25.3 Å². The second kappa shape index (κ2) is 6.89. The van der Waals surface area contributed by atoms with E-state index in [0.717, 1.165) is 5.69 Å². The smallest absolute Gasteiger partial charge is 0.325 e. The van der Waals surface area contributed by atoms with Crippen LogP contribution < -0.4 is 11.0 Å². The van der Waals surface area contributed by atoms with Gasteiger partial charge in [0.05, 0.1) is 34.7 Å². The van der Waals surface area contributed by atoms with Gasteiger partial charge in [-0.05, 0) is 20.0 Å². The number of carbonyl (C=O) groups is 1. The van der Waals surface area contributed by atoms with E-state index in [1.807, 2.05) is 14.0 Å². The predicted molar refractivity (Wildman–Crippen MR) is 89.9 cm³/mol. The highest BCUT2D eigenvalue weighted by atomic mass is 32.1. The van der Waals surface area contributed by atoms with Crippen molar-refractivity contribution in [3.63, 3.8) is 0 Å². The van der Waals surface area contributed by atoms with Crippen LogP contribution in [0, 0.1) is 0 Å². The molecular formula is C14H17N7O2S. The van der Waals surface area contributed by atoms with Crippen LogP contribution in [-0.2, 0) is 6.54 Å². The molecule has 3 heterocycles. The lowest BCUT2D eigenvalue weighted by Gasteiger charge is -2.23. The van der Waals surface area contributed by atoms with Crippen molar-refractivity contribution in [2.24, 2.45) is 0 Å². The maximum Gasteiger partial charge on any atom is 0.325 e. The second-order valence-electron chi connectivity index (χ2n) is 5.57. The van der Waals surface area contributed by atoms with Crippen molar-refractivity contribution in [2.75, 3.05) is 13.6 Å². The van der Waals surface area contributed by atoms with Crippen LogP contribution in [0.4, 0.5) is 0 Å². The Labute approximate surface area is 141 Å². The number of H-pyrrole nitrogens is 2. The zero-order valence-electron chi connectivity index (χ0n) is 13.2. The number of hydrogen-bond donors (Lipinski definition) is 3. The number of aromatic nitrogens is 5. The summed E-state index contributed by atoms with van der Waals surface area (Å²) in [5, 5.41) is 2.87. The van der Waals surface area contributed by atoms with Crippen molar-refractivity contribution in [2.45, 2.75) is 19.5 Å². The quantitative estimate of drug-likeness (QED) is 0.592. The number of amides is 1. The van der Waals surface area contributed by atoms with E-state index in [2.05, 4.69) is 33.9 Å². The van der Waals surface area contributed by atoms with Crippen molar-refractivity contribution in [3.05, 3.63) is 40.2 Å². The highest BCUT2D eigenvalue weighted by molar-refractivity contribution is 6.99. The molecule has 3 N–H and O–H groups in total. The Kier molecular flexibility index (Phi) is 4.67. The lowest BCUT2D eigenvalue weighted by Crippen LogP contribution is -2.39. The molecule has 0 bridgehead atoms. The van der Waals surface area contributed by atoms with Crippen molar-refractivity contribution in [3.8, 4) is 0 Å². The number of likely N-dealkylation sites (N-methyl/N-ethyl adjacent to an activating group) is 1. The van der Waals surface area contributed by atoms with Crippen LogP contribution >= 0.6 is 11.7 Å². The van der Waals surface area contributed by atoms with Crippen molar-refractivity contribution < 1.29 is 4.79 Å². The normalized spacial score (nSPS) is 12.6. The van der Waals surface area contributed by atoms with Crippen LogP contribution in [0.5, 0.6) is 0 Å². The van der Waals surface area contributed by atoms with Crippen LogP contribution in [0.25, 0.3) is 11.2 Å². The Morgan fingerprint density at radius 2 is 2.25 bits per heavy atom. The Morgan fingerprint density at radius 1 is 1.42 bits per heavy atom. The minimum absolute atomic E-state index is 0.124. The summed E-state index contributed by atoms with van der Waals surface area (Å²) in [6.07, 6.45) is 3.18. The van der Waals surface area contributed by atoms with Gasteiger partial charge >= 0.3 is 5.69 Å². The van der Waals surface area contributed by atoms with Crippen LogP contribution in [0.1, 0.15) is 23.0 Å². The number of carbonyl (C=O) groups excluding carboxylic acids is 1. The standard InChI is InChI=1S/C14H17N7O2S/c1-8(21(2)7-10-6-17-24-20-10)4-16-13(22)9-3-11-12(15-5-9)19-14(23)18-11/h3,5-6,8H,4,7H2,1-2H3,(H,16,22)(H2,15,18,19,23). The summed E-state index contributed by atoms with van der Waals surface area (Å²) in [6, 6.07) is 1.73. The number of nitrogens with zero attached hydrogens (tertiary/aromatic N) is 4. The summed E-state index contributed by atoms with van der Waals surface area (Å²) in [6.45, 7) is 3.17. The first-order valence-electron chi connectivity index (χ1n) is 7.36. The van der Waals surface area contributed by atoms with Gasteiger partial charge in [0.25, 0.3) is 5.91 Å². The van der Waals surface area contributed by atoms with Crippen LogP contribution in [0.15, 0.2) is 23.3 Å². The average molecular weight is 347 g/mol. The second-order valence-corrected chi connectivity index (χ2v) is 6.13. The van der Waals surface area contributed by atoms with E-state index in [-0.39, 0.29) is 17.6 Å². The van der Waals surface area contributed by atoms with Gasteiger partial charge in [-0.3, -0.25) is 14.7 Å². The molecule has 0 aliphatic rings. The number of aromatic amines is 2. The van der Waals surface area contributed by atoms with E-state index in [0.29, 0.717) is 29.8 Å². The van der Waals surface area contributed by atoms with Gasteiger partial charge in [-0.2, -0.15) is 8.75 Å². The number of pyridine rings is 1. The molecule has 0 aromatic carbocycles. The van der Waals surface area contributed by atoms with Crippen molar-refractivity contribution >= 4 is 28.8 Å². The monoisotopic (exact) mass is 347 g/mol. The Morgan fingerprint density at radius 3 is 3.00 bits per heavy atom. The van der Waals surface area contributed by atoms with Crippen molar-refractivity contribution in [1.82, 2.24) is 33.9 Å². The van der Waals surface area contributed by atoms with Crippen LogP contribution in [-0.4, -0.2) is 54.1 Å². The van der Waals surface area contributed by atoms with Crippen LogP contribution in [0.2, 0.25) is 0 Å². The first-order valence-corrected chi connectivity index (χ1v) is 8.09. The molecule has 0 saturated carbocycles. The first kappa shape index (κ1) is 16.3. The summed E-state index contributed by atoms with van der Waals surface area (Å²) in [7, 11) is 1.97. The molecule has 1 atom stereocenters. The van der Waals surface area contributed by atoms with Gasteiger partial charge in [-0.25, -0.2) is 9.78 Å². The maximum absolute atomic E-state index is 12.2. The molecule has 1 amide bonds. The van der Waals surface area contributed by atoms with Gasteiger partial charge in [-0.15, -0.1) is 0 Å². The highest BCUT2D eigenvalue weighted by Gasteiger charge is 2.14. The molecule has 3 aromatic rings. The van der Waals surface area contributed by atoms with Gasteiger partial charge in [0.1, 0.15) is 0 Å². The molecule has 3 aromatic heterocycles. The molecule has 0 fully saturated rings. The first-order chi connectivity index (χ1) is 11.5. The van der Waals surface area contributed by atoms with Gasteiger partial charge in [-0.1, -0.05) is 0 Å². The zero-order valence-corrected chi connectivity index (χ0v) is 14.1. The molecule has 24 heavy (non-hydrogen) atoms. The molecule has 126 valence electrons. The molecule has 0 radical (unpaired) electrons. The van der Waals surface area contributed by atoms with E-state index in [4.69, 9.17) is 0 Å². The van der Waals surface area contributed by atoms with E-state index in [9.17, 15) is 9.59 Å². The summed E-state index contributed by atoms with van der Waals surface area (Å²) in [5.74, 6) is -0.234. The fourth-order valence-electron chi connectivity index (χ4n) is 2.21. The van der Waals surface area contributed by atoms with E-state index in [1.165, 1.54) is 17.9 Å². The molecule has 1 unspecified atom stereocenters. The summed E-state index contributed by atoms with van der Waals surface area (Å²) < 4.78 is 8.15. The largest absolute Gasteiger partial charge is 0.350 e. The number of fused-ring (bicyclic) bond motifs is 1.